The number of aliphatic hydroxyl groups is 1. The summed E-state index contributed by atoms with van der Waals surface area (Å²) >= 11 is 0. The predicted octanol–water partition coefficient (Wildman–Crippen LogP) is 0.705. The smallest absolute Gasteiger partial charge is 0.104 e. The van der Waals surface area contributed by atoms with E-state index in [0.717, 1.165) is 38.9 Å². The third-order valence-corrected chi connectivity index (χ3v) is 2.52. The summed E-state index contributed by atoms with van der Waals surface area (Å²) in [5, 5.41) is 9.35. The normalized spacial score (nSPS) is 41.2. The van der Waals surface area contributed by atoms with Gasteiger partial charge in [0.1, 0.15) is 6.10 Å². The van der Waals surface area contributed by atoms with Crippen molar-refractivity contribution in [3.63, 3.8) is 0 Å². The Hall–Kier alpha value is -0.120. The lowest BCUT2D eigenvalue weighted by Crippen LogP contribution is -2.27. The molecule has 0 amide bonds. The molecule has 3 atom stereocenters. The Morgan fingerprint density at radius 3 is 2.92 bits per heavy atom. The number of ether oxygens (including phenoxy) is 2. The van der Waals surface area contributed by atoms with Crippen molar-refractivity contribution in [3.05, 3.63) is 0 Å². The molecule has 0 aromatic heterocycles. The molecule has 3 unspecified atom stereocenters. The minimum absolute atomic E-state index is 0.135. The highest BCUT2D eigenvalue weighted by molar-refractivity contribution is 4.74. The summed E-state index contributed by atoms with van der Waals surface area (Å²) < 4.78 is 10.6. The number of hydrogen-bond acceptors (Lipinski definition) is 3. The molecule has 12 heavy (non-hydrogen) atoms. The van der Waals surface area contributed by atoms with Crippen LogP contribution in [-0.4, -0.2) is 36.6 Å². The summed E-state index contributed by atoms with van der Waals surface area (Å²) in [7, 11) is 0. The second kappa shape index (κ2) is 3.73. The summed E-state index contributed by atoms with van der Waals surface area (Å²) in [5.41, 5.74) is 0. The lowest BCUT2D eigenvalue weighted by Gasteiger charge is -2.25. The standard InChI is InChI=1S/C9H16O3/c10-7-2-1-3-8(4-7)11-5-9-6-12-9/h7-10H,1-6H2. The van der Waals surface area contributed by atoms with Crippen molar-refractivity contribution >= 4 is 0 Å². The van der Waals surface area contributed by atoms with Crippen molar-refractivity contribution in [2.24, 2.45) is 0 Å². The van der Waals surface area contributed by atoms with Crippen molar-refractivity contribution < 1.29 is 14.6 Å². The van der Waals surface area contributed by atoms with Crippen LogP contribution in [0.2, 0.25) is 0 Å². The zero-order valence-electron chi connectivity index (χ0n) is 7.24. The molecule has 2 rings (SSSR count). The fraction of sp³-hybridized carbons (Fsp3) is 1.00. The van der Waals surface area contributed by atoms with Gasteiger partial charge < -0.3 is 14.6 Å². The van der Waals surface area contributed by atoms with E-state index in [4.69, 9.17) is 9.47 Å². The molecule has 0 aromatic carbocycles. The largest absolute Gasteiger partial charge is 0.393 e. The van der Waals surface area contributed by atoms with Gasteiger partial charge in [-0.25, -0.2) is 0 Å². The van der Waals surface area contributed by atoms with Crippen LogP contribution in [-0.2, 0) is 9.47 Å². The van der Waals surface area contributed by atoms with Crippen LogP contribution in [0.1, 0.15) is 25.7 Å². The average Bonchev–Trinajstić information content (AvgIpc) is 2.84. The lowest BCUT2D eigenvalue weighted by atomic mass is 9.95. The minimum atomic E-state index is -0.135. The van der Waals surface area contributed by atoms with Crippen LogP contribution < -0.4 is 0 Å². The number of hydrogen-bond donors (Lipinski definition) is 1. The van der Waals surface area contributed by atoms with Crippen molar-refractivity contribution in [1.29, 1.82) is 0 Å². The van der Waals surface area contributed by atoms with Gasteiger partial charge in [0.25, 0.3) is 0 Å². The van der Waals surface area contributed by atoms with Crippen molar-refractivity contribution in [1.82, 2.24) is 0 Å². The first kappa shape index (κ1) is 8.48. The van der Waals surface area contributed by atoms with Crippen LogP contribution in [0.25, 0.3) is 0 Å². The zero-order valence-corrected chi connectivity index (χ0v) is 7.24. The third-order valence-electron chi connectivity index (χ3n) is 2.52. The Morgan fingerprint density at radius 2 is 2.25 bits per heavy atom. The monoisotopic (exact) mass is 172 g/mol. The molecular formula is C9H16O3. The van der Waals surface area contributed by atoms with Gasteiger partial charge in [0, 0.05) is 0 Å². The Balaban J connectivity index is 1.64. The maximum Gasteiger partial charge on any atom is 0.104 e. The van der Waals surface area contributed by atoms with E-state index >= 15 is 0 Å². The van der Waals surface area contributed by atoms with E-state index in [9.17, 15) is 5.11 Å². The molecule has 0 aromatic rings. The van der Waals surface area contributed by atoms with Gasteiger partial charge in [-0.2, -0.15) is 0 Å². The van der Waals surface area contributed by atoms with Gasteiger partial charge in [0.05, 0.1) is 25.4 Å². The van der Waals surface area contributed by atoms with Crippen molar-refractivity contribution in [3.8, 4) is 0 Å². The van der Waals surface area contributed by atoms with Crippen LogP contribution in [0.4, 0.5) is 0 Å². The highest BCUT2D eigenvalue weighted by atomic mass is 16.6. The van der Waals surface area contributed by atoms with Gasteiger partial charge in [-0.1, -0.05) is 0 Å². The predicted molar refractivity (Wildman–Crippen MR) is 44.0 cm³/mol. The first-order chi connectivity index (χ1) is 5.84. The molecule has 0 bridgehead atoms. The molecule has 1 saturated heterocycles. The molecule has 1 saturated carbocycles. The highest BCUT2D eigenvalue weighted by Gasteiger charge is 2.26. The SMILES string of the molecule is OC1CCCC(OCC2CO2)C1. The van der Waals surface area contributed by atoms with Crippen LogP contribution in [0, 0.1) is 0 Å². The van der Waals surface area contributed by atoms with E-state index in [0.29, 0.717) is 6.10 Å². The van der Waals surface area contributed by atoms with E-state index in [2.05, 4.69) is 0 Å². The molecule has 1 aliphatic heterocycles. The minimum Gasteiger partial charge on any atom is -0.393 e. The van der Waals surface area contributed by atoms with E-state index in [-0.39, 0.29) is 12.2 Å². The van der Waals surface area contributed by atoms with E-state index < -0.39 is 0 Å². The molecule has 1 aliphatic carbocycles. The van der Waals surface area contributed by atoms with Crippen LogP contribution in [0.15, 0.2) is 0 Å². The Labute approximate surface area is 72.7 Å². The Bertz CT molecular complexity index is 145. The molecule has 3 heteroatoms. The third kappa shape index (κ3) is 2.44. The second-order valence-electron chi connectivity index (χ2n) is 3.73. The molecule has 0 radical (unpaired) electrons. The summed E-state index contributed by atoms with van der Waals surface area (Å²) in [6.45, 7) is 1.58. The summed E-state index contributed by atoms with van der Waals surface area (Å²) in [6, 6.07) is 0. The maximum absolute atomic E-state index is 9.35. The maximum atomic E-state index is 9.35. The average molecular weight is 172 g/mol. The number of epoxide rings is 1. The molecule has 3 nitrogen and oxygen atoms in total. The fourth-order valence-corrected chi connectivity index (χ4v) is 1.68. The second-order valence-corrected chi connectivity index (χ2v) is 3.73. The quantitative estimate of drug-likeness (QED) is 0.637. The molecule has 70 valence electrons. The van der Waals surface area contributed by atoms with Gasteiger partial charge in [0.15, 0.2) is 0 Å². The molecule has 2 aliphatic rings. The van der Waals surface area contributed by atoms with Crippen LogP contribution in [0.3, 0.4) is 0 Å². The number of rotatable bonds is 3. The number of aliphatic hydroxyl groups excluding tert-OH is 1. The summed E-state index contributed by atoms with van der Waals surface area (Å²) in [6.07, 6.45) is 4.44. The molecule has 2 fully saturated rings. The first-order valence-corrected chi connectivity index (χ1v) is 4.76. The highest BCUT2D eigenvalue weighted by Crippen LogP contribution is 2.22. The first-order valence-electron chi connectivity index (χ1n) is 4.76. The molecule has 1 heterocycles. The van der Waals surface area contributed by atoms with Gasteiger partial charge >= 0.3 is 0 Å². The topological polar surface area (TPSA) is 42.0 Å². The van der Waals surface area contributed by atoms with Gasteiger partial charge in [0.2, 0.25) is 0 Å². The zero-order chi connectivity index (χ0) is 8.39. The Kier molecular flexibility index (Phi) is 2.63. The Morgan fingerprint density at radius 1 is 1.42 bits per heavy atom. The fourth-order valence-electron chi connectivity index (χ4n) is 1.68. The molecule has 1 N–H and O–H groups in total. The van der Waals surface area contributed by atoms with Crippen molar-refractivity contribution in [2.45, 2.75) is 44.0 Å². The molecular weight excluding hydrogens is 156 g/mol. The summed E-state index contributed by atoms with van der Waals surface area (Å²) in [5.74, 6) is 0. The summed E-state index contributed by atoms with van der Waals surface area (Å²) in [4.78, 5) is 0. The van der Waals surface area contributed by atoms with Gasteiger partial charge in [-0.3, -0.25) is 0 Å². The van der Waals surface area contributed by atoms with Gasteiger partial charge in [-0.15, -0.1) is 0 Å². The lowest BCUT2D eigenvalue weighted by molar-refractivity contribution is -0.0194. The van der Waals surface area contributed by atoms with E-state index in [1.54, 1.807) is 0 Å². The van der Waals surface area contributed by atoms with E-state index in [1.807, 2.05) is 0 Å². The van der Waals surface area contributed by atoms with E-state index in [1.165, 1.54) is 0 Å². The van der Waals surface area contributed by atoms with Crippen LogP contribution in [0.5, 0.6) is 0 Å². The molecule has 0 spiro atoms. The van der Waals surface area contributed by atoms with Gasteiger partial charge in [-0.05, 0) is 25.7 Å². The van der Waals surface area contributed by atoms with Crippen molar-refractivity contribution in [2.75, 3.05) is 13.2 Å². The van der Waals surface area contributed by atoms with Crippen LogP contribution >= 0.6 is 0 Å².